The van der Waals surface area contributed by atoms with Crippen LogP contribution in [0.5, 0.6) is 0 Å². The molecule has 4 heterocycles. The zero-order valence-corrected chi connectivity index (χ0v) is 21.8. The summed E-state index contributed by atoms with van der Waals surface area (Å²) in [7, 11) is 2.06. The van der Waals surface area contributed by atoms with Gasteiger partial charge in [-0.1, -0.05) is 6.07 Å². The Labute approximate surface area is 217 Å². The van der Waals surface area contributed by atoms with Crippen molar-refractivity contribution in [1.29, 1.82) is 0 Å². The topological polar surface area (TPSA) is 99.8 Å². The molecule has 3 aromatic rings. The quantitative estimate of drug-likeness (QED) is 0.494. The number of amides is 3. The van der Waals surface area contributed by atoms with E-state index in [9.17, 15) is 9.59 Å². The molecular formula is C27H36N8O2. The number of fused-ring (bicyclic) bond motifs is 1. The van der Waals surface area contributed by atoms with Crippen LogP contribution in [0.15, 0.2) is 48.7 Å². The average molecular weight is 505 g/mol. The molecule has 37 heavy (non-hydrogen) atoms. The van der Waals surface area contributed by atoms with Gasteiger partial charge in [0.15, 0.2) is 0 Å². The summed E-state index contributed by atoms with van der Waals surface area (Å²) in [5, 5.41) is 7.48. The van der Waals surface area contributed by atoms with Crippen molar-refractivity contribution in [1.82, 2.24) is 30.0 Å². The molecule has 2 saturated heterocycles. The van der Waals surface area contributed by atoms with E-state index in [-0.39, 0.29) is 24.1 Å². The minimum Gasteiger partial charge on any atom is -0.351 e. The summed E-state index contributed by atoms with van der Waals surface area (Å²) in [6.45, 7) is 9.24. The second kappa shape index (κ2) is 10.8. The Morgan fingerprint density at radius 1 is 1.00 bits per heavy atom. The number of hydrogen-bond donors (Lipinski definition) is 3. The fraction of sp³-hybridized carbons (Fsp3) is 0.444. The number of pyridine rings is 1. The van der Waals surface area contributed by atoms with Crippen LogP contribution in [-0.4, -0.2) is 102 Å². The van der Waals surface area contributed by atoms with E-state index in [4.69, 9.17) is 0 Å². The van der Waals surface area contributed by atoms with Gasteiger partial charge in [0.1, 0.15) is 11.5 Å². The number of benzene rings is 1. The first-order chi connectivity index (χ1) is 17.9. The minimum atomic E-state index is -0.0891. The number of nitrogens with one attached hydrogen (secondary N) is 3. The van der Waals surface area contributed by atoms with Crippen LogP contribution in [0.3, 0.4) is 0 Å². The monoisotopic (exact) mass is 504 g/mol. The highest BCUT2D eigenvalue weighted by Crippen LogP contribution is 2.23. The van der Waals surface area contributed by atoms with Gasteiger partial charge in [-0.25, -0.2) is 9.78 Å². The molecule has 2 aliphatic heterocycles. The van der Waals surface area contributed by atoms with E-state index in [1.54, 1.807) is 6.20 Å². The molecule has 10 nitrogen and oxygen atoms in total. The molecule has 196 valence electrons. The SMILES string of the molecule is CC(C)NC1CN(C(=O)c2cc3cc(NC(=O)N4CCN(C)CC4)ccc3[nH]2)CCN1c1ccccn1. The minimum absolute atomic E-state index is 0.0320. The van der Waals surface area contributed by atoms with E-state index >= 15 is 0 Å². The first kappa shape index (κ1) is 25.0. The van der Waals surface area contributed by atoms with Crippen molar-refractivity contribution in [2.45, 2.75) is 26.1 Å². The van der Waals surface area contributed by atoms with Gasteiger partial charge in [0, 0.05) is 68.1 Å². The van der Waals surface area contributed by atoms with Crippen LogP contribution in [0.1, 0.15) is 24.3 Å². The first-order valence-electron chi connectivity index (χ1n) is 13.0. The summed E-state index contributed by atoms with van der Waals surface area (Å²) in [6.07, 6.45) is 1.76. The highest BCUT2D eigenvalue weighted by atomic mass is 16.2. The van der Waals surface area contributed by atoms with Gasteiger partial charge in [-0.15, -0.1) is 0 Å². The van der Waals surface area contributed by atoms with Gasteiger partial charge in [-0.05, 0) is 57.3 Å². The number of nitrogens with zero attached hydrogens (tertiary/aromatic N) is 5. The maximum Gasteiger partial charge on any atom is 0.321 e. The number of anilines is 2. The summed E-state index contributed by atoms with van der Waals surface area (Å²) in [4.78, 5) is 42.1. The second-order valence-corrected chi connectivity index (χ2v) is 10.2. The lowest BCUT2D eigenvalue weighted by Crippen LogP contribution is -2.61. The van der Waals surface area contributed by atoms with Gasteiger partial charge < -0.3 is 29.9 Å². The molecule has 3 amide bonds. The number of carbonyl (C=O) groups is 2. The van der Waals surface area contributed by atoms with E-state index < -0.39 is 0 Å². The van der Waals surface area contributed by atoms with Crippen molar-refractivity contribution >= 4 is 34.3 Å². The van der Waals surface area contributed by atoms with Crippen LogP contribution in [-0.2, 0) is 0 Å². The summed E-state index contributed by atoms with van der Waals surface area (Å²) >= 11 is 0. The van der Waals surface area contributed by atoms with Gasteiger partial charge in [0.05, 0.1) is 12.7 Å². The maximum absolute atomic E-state index is 13.5. The molecule has 10 heteroatoms. The average Bonchev–Trinajstić information content (AvgIpc) is 3.32. The molecular weight excluding hydrogens is 468 g/mol. The molecule has 1 aromatic carbocycles. The lowest BCUT2D eigenvalue weighted by atomic mass is 10.2. The third-order valence-corrected chi connectivity index (χ3v) is 7.03. The summed E-state index contributed by atoms with van der Waals surface area (Å²) in [6, 6.07) is 13.6. The fourth-order valence-electron chi connectivity index (χ4n) is 5.00. The highest BCUT2D eigenvalue weighted by molar-refractivity contribution is 6.00. The molecule has 1 unspecified atom stereocenters. The third kappa shape index (κ3) is 5.70. The Bertz CT molecular complexity index is 1240. The van der Waals surface area contributed by atoms with Gasteiger partial charge in [0.25, 0.3) is 5.91 Å². The largest absolute Gasteiger partial charge is 0.351 e. The van der Waals surface area contributed by atoms with Crippen LogP contribution >= 0.6 is 0 Å². The van der Waals surface area contributed by atoms with Crippen molar-refractivity contribution in [2.24, 2.45) is 0 Å². The predicted octanol–water partition coefficient (Wildman–Crippen LogP) is 2.63. The third-order valence-electron chi connectivity index (χ3n) is 7.03. The smallest absolute Gasteiger partial charge is 0.321 e. The van der Waals surface area contributed by atoms with E-state index in [2.05, 4.69) is 51.3 Å². The second-order valence-electron chi connectivity index (χ2n) is 10.2. The molecule has 0 bridgehead atoms. The van der Waals surface area contributed by atoms with Crippen molar-refractivity contribution in [2.75, 3.05) is 63.1 Å². The standard InChI is InChI=1S/C27H36N8O2/c1-19(2)29-25-18-34(14-15-35(25)24-6-4-5-9-28-24)26(36)23-17-20-16-21(7-8-22(20)31-23)30-27(37)33-12-10-32(3)11-13-33/h4-9,16-17,19,25,29,31H,10-15,18H2,1-3H3,(H,30,37). The first-order valence-corrected chi connectivity index (χ1v) is 13.0. The Hall–Kier alpha value is -3.63. The Kier molecular flexibility index (Phi) is 7.29. The molecule has 0 radical (unpaired) electrons. The molecule has 0 spiro atoms. The van der Waals surface area contributed by atoms with Crippen LogP contribution in [0, 0.1) is 0 Å². The normalized spacial score (nSPS) is 19.0. The fourth-order valence-corrected chi connectivity index (χ4v) is 5.00. The zero-order chi connectivity index (χ0) is 25.9. The van der Waals surface area contributed by atoms with Crippen molar-refractivity contribution in [3.05, 3.63) is 54.4 Å². The van der Waals surface area contributed by atoms with Gasteiger partial charge in [0.2, 0.25) is 0 Å². The number of hydrogen-bond acceptors (Lipinski definition) is 6. The van der Waals surface area contributed by atoms with E-state index in [0.717, 1.165) is 35.5 Å². The van der Waals surface area contributed by atoms with Crippen LogP contribution < -0.4 is 15.5 Å². The van der Waals surface area contributed by atoms with Crippen LogP contribution in [0.4, 0.5) is 16.3 Å². The molecule has 1 atom stereocenters. The van der Waals surface area contributed by atoms with Crippen LogP contribution in [0.2, 0.25) is 0 Å². The molecule has 2 aliphatic rings. The number of aromatic nitrogens is 2. The van der Waals surface area contributed by atoms with Crippen molar-refractivity contribution in [3.8, 4) is 0 Å². The predicted molar refractivity (Wildman–Crippen MR) is 146 cm³/mol. The molecule has 5 rings (SSSR count). The maximum atomic E-state index is 13.5. The summed E-state index contributed by atoms with van der Waals surface area (Å²) in [5.41, 5.74) is 2.14. The molecule has 2 aromatic heterocycles. The molecule has 0 saturated carbocycles. The van der Waals surface area contributed by atoms with Crippen LogP contribution in [0.25, 0.3) is 10.9 Å². The lowest BCUT2D eigenvalue weighted by Gasteiger charge is -2.43. The van der Waals surface area contributed by atoms with Crippen molar-refractivity contribution in [3.63, 3.8) is 0 Å². The van der Waals surface area contributed by atoms with E-state index in [0.29, 0.717) is 38.4 Å². The molecule has 0 aliphatic carbocycles. The Morgan fingerprint density at radius 2 is 1.78 bits per heavy atom. The molecule has 2 fully saturated rings. The highest BCUT2D eigenvalue weighted by Gasteiger charge is 2.31. The Morgan fingerprint density at radius 3 is 2.51 bits per heavy atom. The van der Waals surface area contributed by atoms with Gasteiger partial charge >= 0.3 is 6.03 Å². The number of carbonyl (C=O) groups excluding carboxylic acids is 2. The van der Waals surface area contributed by atoms with Gasteiger partial charge in [-0.3, -0.25) is 10.1 Å². The number of likely N-dealkylation sites (N-methyl/N-ethyl adjacent to an activating group) is 1. The zero-order valence-electron chi connectivity index (χ0n) is 21.8. The lowest BCUT2D eigenvalue weighted by molar-refractivity contribution is 0.0702. The van der Waals surface area contributed by atoms with E-state index in [1.165, 1.54) is 0 Å². The summed E-state index contributed by atoms with van der Waals surface area (Å²) < 4.78 is 0. The number of urea groups is 1. The number of rotatable bonds is 5. The van der Waals surface area contributed by atoms with Gasteiger partial charge in [-0.2, -0.15) is 0 Å². The molecule has 3 N–H and O–H groups in total. The number of aromatic amines is 1. The number of piperazine rings is 2. The van der Waals surface area contributed by atoms with Crippen molar-refractivity contribution < 1.29 is 9.59 Å². The Balaban J connectivity index is 1.28. The number of H-pyrrole nitrogens is 1. The van der Waals surface area contributed by atoms with E-state index in [1.807, 2.05) is 52.3 Å². The summed E-state index contributed by atoms with van der Waals surface area (Å²) in [5.74, 6) is 0.875.